The minimum atomic E-state index is -3.04. The average Bonchev–Trinajstić information content (AvgIpc) is 3.08. The number of sulfone groups is 1. The summed E-state index contributed by atoms with van der Waals surface area (Å²) in [6.07, 6.45) is 2.54. The van der Waals surface area contributed by atoms with Crippen LogP contribution in [0.2, 0.25) is 0 Å². The number of nitrogens with zero attached hydrogens (tertiary/aromatic N) is 1. The molecule has 0 unspecified atom stereocenters. The summed E-state index contributed by atoms with van der Waals surface area (Å²) < 4.78 is 36.9. The largest absolute Gasteiger partial charge is 0.369 e. The normalized spacial score (nSPS) is 23.0. The van der Waals surface area contributed by atoms with Gasteiger partial charge in [-0.15, -0.1) is 0 Å². The summed E-state index contributed by atoms with van der Waals surface area (Å²) in [7, 11) is -3.04. The Morgan fingerprint density at radius 2 is 2.00 bits per heavy atom. The first kappa shape index (κ1) is 16.0. The standard InChI is InChI=1S/C15H20FN3O3S/c16-13-9-11(3-4-14(13)19-6-1-2-7-19)17-15(20)18-12-5-8-23(21,22)10-12/h3-4,9,12H,1-2,5-8,10H2,(H2,17,18,20)/t12-/m0/s1. The summed E-state index contributed by atoms with van der Waals surface area (Å²) in [5, 5.41) is 5.16. The van der Waals surface area contributed by atoms with Gasteiger partial charge < -0.3 is 15.5 Å². The van der Waals surface area contributed by atoms with Crippen molar-refractivity contribution in [2.45, 2.75) is 25.3 Å². The minimum absolute atomic E-state index is 0.0390. The third-order valence-corrected chi connectivity index (χ3v) is 5.99. The van der Waals surface area contributed by atoms with Crippen LogP contribution < -0.4 is 15.5 Å². The van der Waals surface area contributed by atoms with Crippen molar-refractivity contribution >= 4 is 27.2 Å². The molecule has 2 aliphatic heterocycles. The van der Waals surface area contributed by atoms with E-state index in [-0.39, 0.29) is 23.4 Å². The number of nitrogens with one attached hydrogen (secondary N) is 2. The first-order valence-electron chi connectivity index (χ1n) is 7.75. The predicted octanol–water partition coefficient (Wildman–Crippen LogP) is 1.73. The number of carbonyl (C=O) groups is 1. The van der Waals surface area contributed by atoms with Crippen LogP contribution in [0.3, 0.4) is 0 Å². The number of benzene rings is 1. The van der Waals surface area contributed by atoms with E-state index in [1.165, 1.54) is 6.07 Å². The lowest BCUT2D eigenvalue weighted by atomic mass is 10.2. The Morgan fingerprint density at radius 3 is 2.61 bits per heavy atom. The van der Waals surface area contributed by atoms with E-state index >= 15 is 0 Å². The number of urea groups is 1. The number of halogens is 1. The molecule has 2 fully saturated rings. The highest BCUT2D eigenvalue weighted by atomic mass is 32.2. The number of carbonyl (C=O) groups excluding carboxylic acids is 1. The molecule has 126 valence electrons. The fourth-order valence-electron chi connectivity index (χ4n) is 3.06. The number of hydrogen-bond acceptors (Lipinski definition) is 4. The molecule has 0 spiro atoms. The lowest BCUT2D eigenvalue weighted by Crippen LogP contribution is -2.38. The van der Waals surface area contributed by atoms with Crippen LogP contribution in [-0.2, 0) is 9.84 Å². The zero-order valence-electron chi connectivity index (χ0n) is 12.7. The molecule has 1 aromatic carbocycles. The van der Waals surface area contributed by atoms with Crippen molar-refractivity contribution in [1.29, 1.82) is 0 Å². The van der Waals surface area contributed by atoms with Crippen LogP contribution in [0.1, 0.15) is 19.3 Å². The van der Waals surface area contributed by atoms with Gasteiger partial charge in [0.2, 0.25) is 0 Å². The molecule has 2 N–H and O–H groups in total. The van der Waals surface area contributed by atoms with E-state index in [1.807, 2.05) is 4.90 Å². The summed E-state index contributed by atoms with van der Waals surface area (Å²) in [6, 6.07) is 3.71. The molecule has 6 nitrogen and oxygen atoms in total. The highest BCUT2D eigenvalue weighted by molar-refractivity contribution is 7.91. The van der Waals surface area contributed by atoms with Gasteiger partial charge in [0.15, 0.2) is 9.84 Å². The van der Waals surface area contributed by atoms with Crippen molar-refractivity contribution in [1.82, 2.24) is 5.32 Å². The van der Waals surface area contributed by atoms with Gasteiger partial charge in [0.1, 0.15) is 5.82 Å². The average molecular weight is 341 g/mol. The first-order valence-corrected chi connectivity index (χ1v) is 9.57. The fourth-order valence-corrected chi connectivity index (χ4v) is 4.73. The molecule has 2 heterocycles. The molecular weight excluding hydrogens is 321 g/mol. The molecule has 8 heteroatoms. The number of rotatable bonds is 3. The smallest absolute Gasteiger partial charge is 0.319 e. The van der Waals surface area contributed by atoms with E-state index in [0.29, 0.717) is 17.8 Å². The summed E-state index contributed by atoms with van der Waals surface area (Å²) in [5.74, 6) is -0.312. The molecule has 0 aliphatic carbocycles. The van der Waals surface area contributed by atoms with Gasteiger partial charge >= 0.3 is 6.03 Å². The molecular formula is C15H20FN3O3S. The van der Waals surface area contributed by atoms with Crippen LogP contribution in [0.25, 0.3) is 0 Å². The number of hydrogen-bond donors (Lipinski definition) is 2. The zero-order chi connectivity index (χ0) is 16.4. The number of amides is 2. The van der Waals surface area contributed by atoms with Crippen LogP contribution >= 0.6 is 0 Å². The van der Waals surface area contributed by atoms with Crippen LogP contribution in [0.4, 0.5) is 20.6 Å². The van der Waals surface area contributed by atoms with Crippen molar-refractivity contribution < 1.29 is 17.6 Å². The Labute approximate surface area is 135 Å². The minimum Gasteiger partial charge on any atom is -0.369 e. The molecule has 2 amide bonds. The fraction of sp³-hybridized carbons (Fsp3) is 0.533. The topological polar surface area (TPSA) is 78.5 Å². The molecule has 0 aromatic heterocycles. The van der Waals surface area contributed by atoms with Gasteiger partial charge in [-0.25, -0.2) is 17.6 Å². The highest BCUT2D eigenvalue weighted by Crippen LogP contribution is 2.26. The maximum absolute atomic E-state index is 14.2. The van der Waals surface area contributed by atoms with Crippen molar-refractivity contribution in [3.63, 3.8) is 0 Å². The summed E-state index contributed by atoms with van der Waals surface area (Å²) in [6.45, 7) is 1.70. The van der Waals surface area contributed by atoms with E-state index in [1.54, 1.807) is 12.1 Å². The molecule has 2 aliphatic rings. The SMILES string of the molecule is O=C(Nc1ccc(N2CCCC2)c(F)c1)N[C@H]1CCS(=O)(=O)C1. The summed E-state index contributed by atoms with van der Waals surface area (Å²) in [5.41, 5.74) is 0.902. The third kappa shape index (κ3) is 3.93. The molecule has 0 radical (unpaired) electrons. The monoisotopic (exact) mass is 341 g/mol. The maximum atomic E-state index is 14.2. The molecule has 1 aromatic rings. The molecule has 0 saturated carbocycles. The van der Waals surface area contributed by atoms with Gasteiger partial charge in [0, 0.05) is 24.8 Å². The van der Waals surface area contributed by atoms with Gasteiger partial charge in [-0.2, -0.15) is 0 Å². The van der Waals surface area contributed by atoms with Crippen molar-refractivity contribution in [2.24, 2.45) is 0 Å². The van der Waals surface area contributed by atoms with Crippen LogP contribution in [-0.4, -0.2) is 45.1 Å². The Morgan fingerprint density at radius 1 is 1.26 bits per heavy atom. The van der Waals surface area contributed by atoms with E-state index in [9.17, 15) is 17.6 Å². The maximum Gasteiger partial charge on any atom is 0.319 e. The van der Waals surface area contributed by atoms with Gasteiger partial charge in [0.25, 0.3) is 0 Å². The number of anilines is 2. The summed E-state index contributed by atoms with van der Waals surface area (Å²) in [4.78, 5) is 13.9. The Hall–Kier alpha value is -1.83. The van der Waals surface area contributed by atoms with E-state index in [2.05, 4.69) is 10.6 Å². The zero-order valence-corrected chi connectivity index (χ0v) is 13.5. The molecule has 3 rings (SSSR count). The second kappa shape index (κ2) is 6.35. The quantitative estimate of drug-likeness (QED) is 0.878. The highest BCUT2D eigenvalue weighted by Gasteiger charge is 2.29. The van der Waals surface area contributed by atoms with Gasteiger partial charge in [-0.1, -0.05) is 0 Å². The van der Waals surface area contributed by atoms with Crippen molar-refractivity contribution in [3.8, 4) is 0 Å². The molecule has 2 saturated heterocycles. The van der Waals surface area contributed by atoms with Crippen LogP contribution in [0, 0.1) is 5.82 Å². The second-order valence-electron chi connectivity index (χ2n) is 6.06. The summed E-state index contributed by atoms with van der Waals surface area (Å²) >= 11 is 0. The first-order chi connectivity index (χ1) is 10.9. The van der Waals surface area contributed by atoms with Crippen LogP contribution in [0.5, 0.6) is 0 Å². The Balaban J connectivity index is 1.59. The Bertz CT molecular complexity index is 702. The molecule has 23 heavy (non-hydrogen) atoms. The van der Waals surface area contributed by atoms with Gasteiger partial charge in [0.05, 0.1) is 17.2 Å². The second-order valence-corrected chi connectivity index (χ2v) is 8.29. The third-order valence-electron chi connectivity index (χ3n) is 4.22. The van der Waals surface area contributed by atoms with E-state index < -0.39 is 15.9 Å². The molecule has 1 atom stereocenters. The predicted molar refractivity (Wildman–Crippen MR) is 87.1 cm³/mol. The van der Waals surface area contributed by atoms with Crippen LogP contribution in [0.15, 0.2) is 18.2 Å². The van der Waals surface area contributed by atoms with Gasteiger partial charge in [-0.3, -0.25) is 0 Å². The molecule has 0 bridgehead atoms. The Kier molecular flexibility index (Phi) is 4.43. The van der Waals surface area contributed by atoms with Crippen molar-refractivity contribution in [2.75, 3.05) is 34.8 Å². The van der Waals surface area contributed by atoms with E-state index in [0.717, 1.165) is 25.9 Å². The van der Waals surface area contributed by atoms with Gasteiger partial charge in [-0.05, 0) is 37.5 Å². The lowest BCUT2D eigenvalue weighted by Gasteiger charge is -2.19. The van der Waals surface area contributed by atoms with Crippen molar-refractivity contribution in [3.05, 3.63) is 24.0 Å². The van der Waals surface area contributed by atoms with E-state index in [4.69, 9.17) is 0 Å². The lowest BCUT2D eigenvalue weighted by molar-refractivity contribution is 0.249.